The number of benzene rings is 1. The summed E-state index contributed by atoms with van der Waals surface area (Å²) in [6.07, 6.45) is -5.20. The lowest BCUT2D eigenvalue weighted by Gasteiger charge is -2.07. The lowest BCUT2D eigenvalue weighted by Crippen LogP contribution is -2.22. The van der Waals surface area contributed by atoms with Gasteiger partial charge in [0.1, 0.15) is 5.58 Å². The second kappa shape index (κ2) is 5.54. The van der Waals surface area contributed by atoms with Crippen LogP contribution in [0.4, 0.5) is 13.2 Å². The monoisotopic (exact) mass is 287 g/mol. The third-order valence-corrected chi connectivity index (χ3v) is 2.78. The van der Waals surface area contributed by atoms with Crippen molar-refractivity contribution in [1.82, 2.24) is 5.32 Å². The van der Waals surface area contributed by atoms with Gasteiger partial charge in [0.2, 0.25) is 5.76 Å². The van der Waals surface area contributed by atoms with E-state index in [-0.39, 0.29) is 18.8 Å². The van der Waals surface area contributed by atoms with Crippen LogP contribution in [0.5, 0.6) is 0 Å². The summed E-state index contributed by atoms with van der Waals surface area (Å²) in [6.45, 7) is -0.267. The summed E-state index contributed by atoms with van der Waals surface area (Å²) in [4.78, 5) is 11.1. The molecule has 4 nitrogen and oxygen atoms in total. The summed E-state index contributed by atoms with van der Waals surface area (Å²) in [5, 5.41) is 12.2. The zero-order valence-corrected chi connectivity index (χ0v) is 10.3. The molecule has 0 amide bonds. The summed E-state index contributed by atoms with van der Waals surface area (Å²) in [5.74, 6) is -1.49. The molecule has 20 heavy (non-hydrogen) atoms. The average Bonchev–Trinajstić information content (AvgIpc) is 2.72. The van der Waals surface area contributed by atoms with Crippen molar-refractivity contribution in [3.05, 3.63) is 35.6 Å². The highest BCUT2D eigenvalue weighted by molar-refractivity contribution is 5.95. The van der Waals surface area contributed by atoms with Gasteiger partial charge in [-0.2, -0.15) is 13.2 Å². The van der Waals surface area contributed by atoms with Crippen molar-refractivity contribution in [3.63, 3.8) is 0 Å². The summed E-state index contributed by atoms with van der Waals surface area (Å²) in [7, 11) is 0. The molecular formula is C13H12F3NO3. The fourth-order valence-electron chi connectivity index (χ4n) is 1.89. The molecule has 0 fully saturated rings. The zero-order chi connectivity index (χ0) is 14.8. The number of hydrogen-bond acceptors (Lipinski definition) is 3. The third kappa shape index (κ3) is 3.30. The third-order valence-electron chi connectivity index (χ3n) is 2.78. The van der Waals surface area contributed by atoms with E-state index in [2.05, 4.69) is 5.32 Å². The normalized spacial score (nSPS) is 11.9. The maximum Gasteiger partial charge on any atom is 0.390 e. The first kappa shape index (κ1) is 14.4. The van der Waals surface area contributed by atoms with E-state index in [9.17, 15) is 18.0 Å². The number of alkyl halides is 3. The van der Waals surface area contributed by atoms with Gasteiger partial charge in [0.05, 0.1) is 6.42 Å². The van der Waals surface area contributed by atoms with E-state index in [0.717, 1.165) is 0 Å². The number of para-hydroxylation sites is 1. The second-order valence-corrected chi connectivity index (χ2v) is 4.25. The minimum Gasteiger partial charge on any atom is -0.475 e. The highest BCUT2D eigenvalue weighted by Gasteiger charge is 2.26. The quantitative estimate of drug-likeness (QED) is 0.829. The van der Waals surface area contributed by atoms with Gasteiger partial charge in [-0.05, 0) is 6.07 Å². The van der Waals surface area contributed by atoms with Gasteiger partial charge in [0.25, 0.3) is 0 Å². The van der Waals surface area contributed by atoms with Gasteiger partial charge in [-0.25, -0.2) is 4.79 Å². The van der Waals surface area contributed by atoms with Crippen molar-refractivity contribution in [2.24, 2.45) is 0 Å². The fourth-order valence-corrected chi connectivity index (χ4v) is 1.89. The molecule has 2 rings (SSSR count). The summed E-state index contributed by atoms with van der Waals surface area (Å²) in [6, 6.07) is 6.69. The number of carboxylic acid groups (broad SMARTS) is 1. The Morgan fingerprint density at radius 3 is 2.65 bits per heavy atom. The van der Waals surface area contributed by atoms with E-state index < -0.39 is 18.6 Å². The Morgan fingerprint density at radius 2 is 2.00 bits per heavy atom. The Hall–Kier alpha value is -2.02. The molecule has 7 heteroatoms. The molecule has 0 atom stereocenters. The Bertz CT molecular complexity index is 619. The molecule has 1 heterocycles. The first-order chi connectivity index (χ1) is 9.38. The standard InChI is InChI=1S/C13H12F3NO3/c14-13(15,16)5-6-17-7-9-8-3-1-2-4-10(8)20-11(9)12(18)19/h1-4,17H,5-7H2,(H,18,19). The number of carboxylic acids is 1. The van der Waals surface area contributed by atoms with Crippen molar-refractivity contribution in [3.8, 4) is 0 Å². The lowest BCUT2D eigenvalue weighted by molar-refractivity contribution is -0.133. The first-order valence-corrected chi connectivity index (χ1v) is 5.89. The Kier molecular flexibility index (Phi) is 3.99. The summed E-state index contributed by atoms with van der Waals surface area (Å²) in [5.41, 5.74) is 0.757. The van der Waals surface area contributed by atoms with Crippen LogP contribution in [0.1, 0.15) is 22.5 Å². The number of aromatic carboxylic acids is 1. The van der Waals surface area contributed by atoms with E-state index >= 15 is 0 Å². The molecular weight excluding hydrogens is 275 g/mol. The zero-order valence-electron chi connectivity index (χ0n) is 10.3. The Morgan fingerprint density at radius 1 is 1.30 bits per heavy atom. The molecule has 0 saturated heterocycles. The van der Waals surface area contributed by atoms with Gasteiger partial charge in [-0.1, -0.05) is 18.2 Å². The van der Waals surface area contributed by atoms with Crippen LogP contribution >= 0.6 is 0 Å². The number of hydrogen-bond donors (Lipinski definition) is 2. The number of halogens is 3. The van der Waals surface area contributed by atoms with Gasteiger partial charge < -0.3 is 14.8 Å². The van der Waals surface area contributed by atoms with Crippen LogP contribution in [0, 0.1) is 0 Å². The summed E-state index contributed by atoms with van der Waals surface area (Å²) < 4.78 is 41.3. The Labute approximate surface area is 112 Å². The van der Waals surface area contributed by atoms with E-state index in [0.29, 0.717) is 16.5 Å². The predicted octanol–water partition coefficient (Wildman–Crippen LogP) is 3.17. The number of nitrogens with one attached hydrogen (secondary N) is 1. The number of carbonyl (C=O) groups is 1. The molecule has 2 aromatic rings. The topological polar surface area (TPSA) is 62.5 Å². The minimum atomic E-state index is -4.24. The van der Waals surface area contributed by atoms with Gasteiger partial charge in [-0.3, -0.25) is 0 Å². The molecule has 1 aromatic carbocycles. The van der Waals surface area contributed by atoms with Crippen LogP contribution < -0.4 is 5.32 Å². The van der Waals surface area contributed by atoms with Gasteiger partial charge in [-0.15, -0.1) is 0 Å². The van der Waals surface area contributed by atoms with E-state index in [1.54, 1.807) is 24.3 Å². The number of rotatable bonds is 5. The molecule has 0 radical (unpaired) electrons. The molecule has 0 aliphatic rings. The van der Waals surface area contributed by atoms with Gasteiger partial charge >= 0.3 is 12.1 Å². The highest BCUT2D eigenvalue weighted by Crippen LogP contribution is 2.26. The van der Waals surface area contributed by atoms with Gasteiger partial charge in [0, 0.05) is 24.0 Å². The van der Waals surface area contributed by atoms with E-state index in [1.165, 1.54) is 0 Å². The van der Waals surface area contributed by atoms with Gasteiger partial charge in [0.15, 0.2) is 0 Å². The summed E-state index contributed by atoms with van der Waals surface area (Å²) >= 11 is 0. The minimum absolute atomic E-state index is 0.00866. The fraction of sp³-hybridized carbons (Fsp3) is 0.308. The maximum atomic E-state index is 12.0. The highest BCUT2D eigenvalue weighted by atomic mass is 19.4. The number of furan rings is 1. The lowest BCUT2D eigenvalue weighted by atomic mass is 10.1. The molecule has 2 N–H and O–H groups in total. The van der Waals surface area contributed by atoms with Crippen molar-refractivity contribution >= 4 is 16.9 Å². The number of fused-ring (bicyclic) bond motifs is 1. The second-order valence-electron chi connectivity index (χ2n) is 4.25. The average molecular weight is 287 g/mol. The van der Waals surface area contributed by atoms with Crippen molar-refractivity contribution in [2.45, 2.75) is 19.1 Å². The van der Waals surface area contributed by atoms with E-state index in [4.69, 9.17) is 9.52 Å². The molecule has 1 aromatic heterocycles. The van der Waals surface area contributed by atoms with Crippen molar-refractivity contribution < 1.29 is 27.5 Å². The Balaban J connectivity index is 2.15. The molecule has 0 aliphatic heterocycles. The van der Waals surface area contributed by atoms with Crippen molar-refractivity contribution in [1.29, 1.82) is 0 Å². The first-order valence-electron chi connectivity index (χ1n) is 5.89. The van der Waals surface area contributed by atoms with Crippen LogP contribution in [0.3, 0.4) is 0 Å². The molecule has 0 spiro atoms. The predicted molar refractivity (Wildman–Crippen MR) is 65.6 cm³/mol. The van der Waals surface area contributed by atoms with Crippen molar-refractivity contribution in [2.75, 3.05) is 6.54 Å². The molecule has 108 valence electrons. The largest absolute Gasteiger partial charge is 0.475 e. The molecule has 0 saturated carbocycles. The maximum absolute atomic E-state index is 12.0. The smallest absolute Gasteiger partial charge is 0.390 e. The van der Waals surface area contributed by atoms with Crippen LogP contribution in [0.25, 0.3) is 11.0 Å². The van der Waals surface area contributed by atoms with Crippen LogP contribution in [-0.2, 0) is 6.54 Å². The van der Waals surface area contributed by atoms with E-state index in [1.807, 2.05) is 0 Å². The SMILES string of the molecule is O=C(O)c1oc2ccccc2c1CNCCC(F)(F)F. The molecule has 0 unspecified atom stereocenters. The molecule has 0 aliphatic carbocycles. The van der Waals surface area contributed by atoms with Crippen LogP contribution in [0.2, 0.25) is 0 Å². The molecule has 0 bridgehead atoms. The van der Waals surface area contributed by atoms with Crippen LogP contribution in [-0.4, -0.2) is 23.8 Å². The van der Waals surface area contributed by atoms with Crippen LogP contribution in [0.15, 0.2) is 28.7 Å².